The van der Waals surface area contributed by atoms with E-state index in [9.17, 15) is 15.2 Å². The number of amides is 1. The van der Waals surface area contributed by atoms with Crippen molar-refractivity contribution in [3.8, 4) is 6.07 Å². The summed E-state index contributed by atoms with van der Waals surface area (Å²) in [4.78, 5) is 12.5. The van der Waals surface area contributed by atoms with Crippen LogP contribution in [0, 0.1) is 11.3 Å². The summed E-state index contributed by atoms with van der Waals surface area (Å²) >= 11 is 0. The lowest BCUT2D eigenvalue weighted by Gasteiger charge is -2.39. The Labute approximate surface area is 166 Å². The molecule has 2 aliphatic heterocycles. The fourth-order valence-electron chi connectivity index (χ4n) is 3.69. The molecule has 2 aliphatic rings. The smallest absolute Gasteiger partial charge is 0.465 e. The molecule has 0 atom stereocenters. The summed E-state index contributed by atoms with van der Waals surface area (Å²) in [6.45, 7) is 15.0. The van der Waals surface area contributed by atoms with Crippen molar-refractivity contribution in [2.75, 3.05) is 13.1 Å². The van der Waals surface area contributed by atoms with E-state index in [1.54, 1.807) is 0 Å². The molecule has 1 N–H and O–H groups in total. The molecule has 0 bridgehead atoms. The molecular formula is C19H29BN4O4. The zero-order chi connectivity index (χ0) is 21.1. The lowest BCUT2D eigenvalue weighted by atomic mass is 9.71. The van der Waals surface area contributed by atoms with Crippen LogP contribution in [0.3, 0.4) is 0 Å². The van der Waals surface area contributed by atoms with E-state index >= 15 is 0 Å². The monoisotopic (exact) mass is 388 g/mol. The van der Waals surface area contributed by atoms with Gasteiger partial charge in [0, 0.05) is 29.7 Å². The van der Waals surface area contributed by atoms with Gasteiger partial charge in [0.05, 0.1) is 35.4 Å². The average Bonchev–Trinajstić information content (AvgIpc) is 2.92. The Morgan fingerprint density at radius 1 is 1.29 bits per heavy atom. The highest BCUT2D eigenvalue weighted by atomic mass is 16.7. The zero-order valence-corrected chi connectivity index (χ0v) is 17.7. The highest BCUT2D eigenvalue weighted by molar-refractivity contribution is 6.63. The van der Waals surface area contributed by atoms with Crippen molar-refractivity contribution in [1.82, 2.24) is 14.7 Å². The first kappa shape index (κ1) is 20.7. The second kappa shape index (κ2) is 6.50. The number of likely N-dealkylation sites (tertiary alicyclic amines) is 1. The van der Waals surface area contributed by atoms with Crippen molar-refractivity contribution in [2.45, 2.75) is 77.5 Å². The van der Waals surface area contributed by atoms with Gasteiger partial charge in [0.25, 0.3) is 0 Å². The molecule has 3 rings (SSSR count). The van der Waals surface area contributed by atoms with E-state index in [4.69, 9.17) is 14.4 Å². The van der Waals surface area contributed by atoms with E-state index in [1.807, 2.05) is 32.4 Å². The standard InChI is InChI=1S/C19H29BN4O4/c1-17(2,3)15-14(20-27-18(4,5)19(6,7)28-20)13(8-9-21)22-24(15)12-10-23(11-12)16(25)26/h12H,8,10-11H2,1-7H3,(H,25,26). The molecule has 0 aromatic carbocycles. The topological polar surface area (TPSA) is 101 Å². The Morgan fingerprint density at radius 2 is 1.82 bits per heavy atom. The van der Waals surface area contributed by atoms with Crippen LogP contribution in [-0.4, -0.2) is 57.3 Å². The minimum Gasteiger partial charge on any atom is -0.465 e. The summed E-state index contributed by atoms with van der Waals surface area (Å²) < 4.78 is 14.5. The lowest BCUT2D eigenvalue weighted by Crippen LogP contribution is -2.52. The highest BCUT2D eigenvalue weighted by Gasteiger charge is 2.54. The molecule has 1 amide bonds. The Kier molecular flexibility index (Phi) is 4.80. The predicted octanol–water partition coefficient (Wildman–Crippen LogP) is 2.08. The fraction of sp³-hybridized carbons (Fsp3) is 0.737. The number of carbonyl (C=O) groups is 1. The third-order valence-electron chi connectivity index (χ3n) is 5.95. The van der Waals surface area contributed by atoms with Gasteiger partial charge in [-0.2, -0.15) is 10.4 Å². The normalized spacial score (nSPS) is 21.5. The molecule has 9 heteroatoms. The van der Waals surface area contributed by atoms with Crippen molar-refractivity contribution in [1.29, 1.82) is 5.26 Å². The van der Waals surface area contributed by atoms with E-state index < -0.39 is 24.4 Å². The SMILES string of the molecule is CC(C)(C)c1c(B2OC(C)(C)C(C)(C)O2)c(CC#N)nn1C1CN(C(=O)O)C1. The summed E-state index contributed by atoms with van der Waals surface area (Å²) in [7, 11) is -0.619. The second-order valence-electron chi connectivity index (χ2n) is 9.67. The molecular weight excluding hydrogens is 359 g/mol. The number of aromatic nitrogens is 2. The largest absolute Gasteiger partial charge is 0.498 e. The lowest BCUT2D eigenvalue weighted by molar-refractivity contribution is 0.00578. The Bertz CT molecular complexity index is 812. The number of hydrogen-bond donors (Lipinski definition) is 1. The van der Waals surface area contributed by atoms with Crippen LogP contribution in [0.4, 0.5) is 4.79 Å². The summed E-state index contributed by atoms with van der Waals surface area (Å²) in [5.74, 6) is 0. The number of rotatable bonds is 3. The Hall–Kier alpha value is -2.05. The third-order valence-corrected chi connectivity index (χ3v) is 5.95. The number of nitrogens with zero attached hydrogens (tertiary/aromatic N) is 4. The van der Waals surface area contributed by atoms with Crippen LogP contribution >= 0.6 is 0 Å². The van der Waals surface area contributed by atoms with Crippen molar-refractivity contribution < 1.29 is 19.2 Å². The number of carboxylic acid groups (broad SMARTS) is 1. The summed E-state index contributed by atoms with van der Waals surface area (Å²) in [5.41, 5.74) is 1.08. The molecule has 2 saturated heterocycles. The van der Waals surface area contributed by atoms with E-state index in [0.29, 0.717) is 18.8 Å². The van der Waals surface area contributed by atoms with E-state index in [1.165, 1.54) is 4.90 Å². The van der Waals surface area contributed by atoms with Crippen LogP contribution in [0.2, 0.25) is 0 Å². The van der Waals surface area contributed by atoms with Gasteiger partial charge in [-0.3, -0.25) is 4.68 Å². The molecule has 152 valence electrons. The average molecular weight is 388 g/mol. The van der Waals surface area contributed by atoms with Gasteiger partial charge in [-0.1, -0.05) is 20.8 Å². The molecule has 8 nitrogen and oxygen atoms in total. The molecule has 0 radical (unpaired) electrons. The zero-order valence-electron chi connectivity index (χ0n) is 17.7. The highest BCUT2D eigenvalue weighted by Crippen LogP contribution is 2.38. The first-order chi connectivity index (χ1) is 12.8. The summed E-state index contributed by atoms with van der Waals surface area (Å²) in [5, 5.41) is 23.3. The van der Waals surface area contributed by atoms with Gasteiger partial charge in [0.15, 0.2) is 0 Å². The van der Waals surface area contributed by atoms with Crippen molar-refractivity contribution >= 4 is 18.7 Å². The predicted molar refractivity (Wildman–Crippen MR) is 105 cm³/mol. The van der Waals surface area contributed by atoms with Crippen LogP contribution < -0.4 is 5.46 Å². The van der Waals surface area contributed by atoms with Crippen LogP contribution in [0.25, 0.3) is 0 Å². The van der Waals surface area contributed by atoms with Crippen molar-refractivity contribution in [2.24, 2.45) is 0 Å². The third kappa shape index (κ3) is 3.29. The van der Waals surface area contributed by atoms with E-state index in [0.717, 1.165) is 11.2 Å². The van der Waals surface area contributed by atoms with E-state index in [2.05, 4.69) is 26.8 Å². The Morgan fingerprint density at radius 3 is 2.25 bits per heavy atom. The molecule has 0 saturated carbocycles. The van der Waals surface area contributed by atoms with E-state index in [-0.39, 0.29) is 17.9 Å². The van der Waals surface area contributed by atoms with Crippen LogP contribution in [0.15, 0.2) is 0 Å². The quantitative estimate of drug-likeness (QED) is 0.796. The maximum absolute atomic E-state index is 11.2. The molecule has 28 heavy (non-hydrogen) atoms. The molecule has 1 aromatic rings. The molecule has 1 aromatic heterocycles. The number of nitriles is 1. The van der Waals surface area contributed by atoms with Gasteiger partial charge in [-0.05, 0) is 27.7 Å². The van der Waals surface area contributed by atoms with Gasteiger partial charge in [-0.15, -0.1) is 0 Å². The first-order valence-corrected chi connectivity index (χ1v) is 9.60. The first-order valence-electron chi connectivity index (χ1n) is 9.60. The molecule has 3 heterocycles. The molecule has 0 spiro atoms. The minimum absolute atomic E-state index is 0.0565. The van der Waals surface area contributed by atoms with Crippen LogP contribution in [0.1, 0.15) is 65.9 Å². The molecule has 0 unspecified atom stereocenters. The van der Waals surface area contributed by atoms with Gasteiger partial charge >= 0.3 is 13.2 Å². The molecule has 2 fully saturated rings. The van der Waals surface area contributed by atoms with Crippen LogP contribution in [0.5, 0.6) is 0 Å². The number of hydrogen-bond acceptors (Lipinski definition) is 5. The summed E-state index contributed by atoms with van der Waals surface area (Å²) in [6.07, 6.45) is -0.783. The Balaban J connectivity index is 2.09. The van der Waals surface area contributed by atoms with Crippen LogP contribution in [-0.2, 0) is 21.1 Å². The molecule has 0 aliphatic carbocycles. The van der Waals surface area contributed by atoms with Gasteiger partial charge < -0.3 is 19.3 Å². The van der Waals surface area contributed by atoms with Gasteiger partial charge in [0.1, 0.15) is 0 Å². The van der Waals surface area contributed by atoms with Crippen molar-refractivity contribution in [3.63, 3.8) is 0 Å². The van der Waals surface area contributed by atoms with Gasteiger partial charge in [-0.25, -0.2) is 4.79 Å². The second-order valence-corrected chi connectivity index (χ2v) is 9.67. The maximum atomic E-state index is 11.2. The minimum atomic E-state index is -0.927. The van der Waals surface area contributed by atoms with Crippen molar-refractivity contribution in [3.05, 3.63) is 11.4 Å². The maximum Gasteiger partial charge on any atom is 0.498 e. The summed E-state index contributed by atoms with van der Waals surface area (Å²) in [6, 6.07) is 2.14. The fourth-order valence-corrected chi connectivity index (χ4v) is 3.69. The van der Waals surface area contributed by atoms with Gasteiger partial charge in [0.2, 0.25) is 0 Å².